The zero-order chi connectivity index (χ0) is 22.3. The van der Waals surface area contributed by atoms with Crippen LogP contribution in [-0.2, 0) is 0 Å². The van der Waals surface area contributed by atoms with E-state index in [1.165, 1.54) is 12.8 Å². The zero-order valence-electron chi connectivity index (χ0n) is 18.2. The number of aliphatic hydroxyl groups is 1. The first kappa shape index (κ1) is 22.4. The number of ether oxygens (including phenoxy) is 1. The predicted octanol–water partition coefficient (Wildman–Crippen LogP) is 5.33. The summed E-state index contributed by atoms with van der Waals surface area (Å²) in [5.74, 6) is 6.97. The Bertz CT molecular complexity index is 1090. The molecule has 0 spiro atoms. The number of halogens is 1. The van der Waals surface area contributed by atoms with E-state index in [2.05, 4.69) is 21.7 Å². The summed E-state index contributed by atoms with van der Waals surface area (Å²) in [7, 11) is 0. The van der Waals surface area contributed by atoms with Crippen LogP contribution in [0.3, 0.4) is 0 Å². The van der Waals surface area contributed by atoms with Gasteiger partial charge in [-0.2, -0.15) is 0 Å². The Morgan fingerprint density at radius 3 is 2.47 bits per heavy atom. The fourth-order valence-corrected chi connectivity index (χ4v) is 3.92. The Balaban J connectivity index is 1.43. The van der Waals surface area contributed by atoms with Crippen LogP contribution in [0.4, 0.5) is 0 Å². The number of likely N-dealkylation sites (tertiary alicyclic amines) is 1. The lowest BCUT2D eigenvalue weighted by Crippen LogP contribution is -2.25. The molecule has 1 aromatic heterocycles. The van der Waals surface area contributed by atoms with Gasteiger partial charge in [-0.15, -0.1) is 0 Å². The molecule has 1 saturated heterocycles. The summed E-state index contributed by atoms with van der Waals surface area (Å²) in [5.41, 5.74) is 4.33. The molecule has 32 heavy (non-hydrogen) atoms. The highest BCUT2D eigenvalue weighted by Gasteiger charge is 2.13. The summed E-state index contributed by atoms with van der Waals surface area (Å²) >= 11 is 5.96. The summed E-state index contributed by atoms with van der Waals surface area (Å²) in [6.45, 7) is 5.58. The van der Waals surface area contributed by atoms with Crippen LogP contribution in [0.15, 0.2) is 60.8 Å². The molecule has 1 aliphatic rings. The second kappa shape index (κ2) is 10.7. The molecule has 2 aromatic carbocycles. The first-order chi connectivity index (χ1) is 15.6. The van der Waals surface area contributed by atoms with Crippen LogP contribution in [0.5, 0.6) is 5.75 Å². The van der Waals surface area contributed by atoms with Crippen molar-refractivity contribution in [2.75, 3.05) is 26.2 Å². The summed E-state index contributed by atoms with van der Waals surface area (Å²) in [6, 6.07) is 17.3. The normalized spacial score (nSPS) is 14.6. The van der Waals surface area contributed by atoms with E-state index < -0.39 is 6.10 Å². The molecule has 2 heterocycles. The van der Waals surface area contributed by atoms with Gasteiger partial charge in [-0.3, -0.25) is 4.90 Å². The molecule has 1 atom stereocenters. The van der Waals surface area contributed by atoms with Crippen LogP contribution >= 0.6 is 11.6 Å². The first-order valence-electron chi connectivity index (χ1n) is 11.0. The van der Waals surface area contributed by atoms with Gasteiger partial charge in [0.15, 0.2) is 0 Å². The zero-order valence-corrected chi connectivity index (χ0v) is 19.0. The van der Waals surface area contributed by atoms with Crippen LogP contribution in [0.2, 0.25) is 5.02 Å². The number of aromatic nitrogens is 1. The highest BCUT2D eigenvalue weighted by Crippen LogP contribution is 2.26. The molecule has 1 fully saturated rings. The Kier molecular flexibility index (Phi) is 7.44. The van der Waals surface area contributed by atoms with Crippen LogP contribution < -0.4 is 4.74 Å². The summed E-state index contributed by atoms with van der Waals surface area (Å²) < 4.78 is 5.97. The molecule has 164 valence electrons. The Hall–Kier alpha value is -2.84. The minimum Gasteiger partial charge on any atom is -0.492 e. The maximum Gasteiger partial charge on any atom is 0.125 e. The molecular formula is C27H27ClN2O2. The molecule has 4 rings (SSSR count). The monoisotopic (exact) mass is 446 g/mol. The van der Waals surface area contributed by atoms with Gasteiger partial charge >= 0.3 is 0 Å². The fourth-order valence-electron chi connectivity index (χ4n) is 3.79. The summed E-state index contributed by atoms with van der Waals surface area (Å²) in [5, 5.41) is 10.9. The minimum atomic E-state index is -0.629. The molecule has 0 bridgehead atoms. The summed E-state index contributed by atoms with van der Waals surface area (Å²) in [4.78, 5) is 6.87. The fraction of sp³-hybridized carbons (Fsp3) is 0.296. The van der Waals surface area contributed by atoms with Gasteiger partial charge in [0.25, 0.3) is 0 Å². The van der Waals surface area contributed by atoms with Crippen LogP contribution in [0.25, 0.3) is 11.1 Å². The number of nitrogens with zero attached hydrogens (tertiary/aromatic N) is 2. The van der Waals surface area contributed by atoms with Gasteiger partial charge in [0.1, 0.15) is 18.1 Å². The van der Waals surface area contributed by atoms with Gasteiger partial charge in [-0.1, -0.05) is 35.7 Å². The molecule has 5 heteroatoms. The summed E-state index contributed by atoms with van der Waals surface area (Å²) in [6.07, 6.45) is 3.72. The number of hydrogen-bond acceptors (Lipinski definition) is 4. The maximum atomic E-state index is 10.2. The van der Waals surface area contributed by atoms with Crippen LogP contribution in [-0.4, -0.2) is 41.2 Å². The van der Waals surface area contributed by atoms with Gasteiger partial charge in [0, 0.05) is 34.5 Å². The van der Waals surface area contributed by atoms with Gasteiger partial charge in [0.05, 0.1) is 6.10 Å². The Labute approximate surface area is 194 Å². The molecule has 4 nitrogen and oxygen atoms in total. The lowest BCUT2D eigenvalue weighted by molar-refractivity contribution is 0.186. The van der Waals surface area contributed by atoms with E-state index in [0.29, 0.717) is 17.3 Å². The topological polar surface area (TPSA) is 45.6 Å². The third-order valence-electron chi connectivity index (χ3n) is 5.60. The van der Waals surface area contributed by atoms with Gasteiger partial charge in [0.2, 0.25) is 0 Å². The van der Waals surface area contributed by atoms with Crippen molar-refractivity contribution in [1.29, 1.82) is 0 Å². The standard InChI is InChI=1S/C27H27ClN2O2/c1-20(31)26-18-21(5-13-27(26)32-17-16-30-14-2-3-15-30)4-11-25-12-8-23(19-29-25)22-6-9-24(28)10-7-22/h5-10,12-13,18-20,31H,2-3,14-17H2,1H3. The molecule has 0 radical (unpaired) electrons. The first-order valence-corrected chi connectivity index (χ1v) is 11.4. The van der Waals surface area contributed by atoms with E-state index in [-0.39, 0.29) is 0 Å². The van der Waals surface area contributed by atoms with E-state index in [1.807, 2.05) is 60.8 Å². The molecule has 1 aliphatic heterocycles. The van der Waals surface area contributed by atoms with Crippen molar-refractivity contribution < 1.29 is 9.84 Å². The van der Waals surface area contributed by atoms with E-state index in [1.54, 1.807) is 6.92 Å². The SMILES string of the molecule is CC(O)c1cc(C#Cc2ccc(-c3ccc(Cl)cc3)cn2)ccc1OCCN1CCCC1. The number of aliphatic hydroxyl groups excluding tert-OH is 1. The molecular weight excluding hydrogens is 420 g/mol. The van der Waals surface area contributed by atoms with Crippen molar-refractivity contribution in [3.05, 3.63) is 82.6 Å². The molecule has 0 aliphatic carbocycles. The molecule has 0 saturated carbocycles. The van der Waals surface area contributed by atoms with Crippen LogP contribution in [0.1, 0.15) is 42.7 Å². The molecule has 0 amide bonds. The van der Waals surface area contributed by atoms with Crippen molar-refractivity contribution in [3.8, 4) is 28.7 Å². The van der Waals surface area contributed by atoms with Crippen molar-refractivity contribution in [3.63, 3.8) is 0 Å². The smallest absolute Gasteiger partial charge is 0.125 e. The largest absolute Gasteiger partial charge is 0.492 e. The third kappa shape index (κ3) is 5.89. The average Bonchev–Trinajstić information content (AvgIpc) is 3.33. The van der Waals surface area contributed by atoms with E-state index >= 15 is 0 Å². The van der Waals surface area contributed by atoms with Gasteiger partial charge in [-0.05, 0) is 80.7 Å². The van der Waals surface area contributed by atoms with Crippen molar-refractivity contribution >= 4 is 11.6 Å². The minimum absolute atomic E-state index is 0.620. The highest BCUT2D eigenvalue weighted by atomic mass is 35.5. The lowest BCUT2D eigenvalue weighted by Gasteiger charge is -2.17. The third-order valence-corrected chi connectivity index (χ3v) is 5.85. The predicted molar refractivity (Wildman–Crippen MR) is 129 cm³/mol. The Morgan fingerprint density at radius 2 is 1.78 bits per heavy atom. The van der Waals surface area contributed by atoms with Gasteiger partial charge in [-0.25, -0.2) is 4.98 Å². The second-order valence-corrected chi connectivity index (χ2v) is 8.45. The lowest BCUT2D eigenvalue weighted by atomic mass is 10.1. The van der Waals surface area contributed by atoms with Crippen molar-refractivity contribution in [2.45, 2.75) is 25.9 Å². The van der Waals surface area contributed by atoms with E-state index in [9.17, 15) is 5.11 Å². The van der Waals surface area contributed by atoms with E-state index in [4.69, 9.17) is 16.3 Å². The van der Waals surface area contributed by atoms with Crippen LogP contribution in [0, 0.1) is 11.8 Å². The number of benzene rings is 2. The van der Waals surface area contributed by atoms with E-state index in [0.717, 1.165) is 47.6 Å². The molecule has 1 unspecified atom stereocenters. The molecule has 1 N–H and O–H groups in total. The van der Waals surface area contributed by atoms with Gasteiger partial charge < -0.3 is 9.84 Å². The average molecular weight is 447 g/mol. The quantitative estimate of drug-likeness (QED) is 0.520. The maximum absolute atomic E-state index is 10.2. The number of rotatable bonds is 6. The van der Waals surface area contributed by atoms with Crippen molar-refractivity contribution in [1.82, 2.24) is 9.88 Å². The van der Waals surface area contributed by atoms with Crippen molar-refractivity contribution in [2.24, 2.45) is 0 Å². The Morgan fingerprint density at radius 1 is 1.03 bits per heavy atom. The number of pyridine rings is 1. The second-order valence-electron chi connectivity index (χ2n) is 8.01. The highest BCUT2D eigenvalue weighted by molar-refractivity contribution is 6.30. The molecule has 3 aromatic rings. The number of hydrogen-bond donors (Lipinski definition) is 1.